The molecule has 1 heterocycles. The van der Waals surface area contributed by atoms with E-state index in [9.17, 15) is 4.79 Å². The van der Waals surface area contributed by atoms with Gasteiger partial charge in [0.25, 0.3) is 0 Å². The Labute approximate surface area is 176 Å². The van der Waals surface area contributed by atoms with E-state index in [4.69, 9.17) is 0 Å². The molecule has 28 heavy (non-hydrogen) atoms. The van der Waals surface area contributed by atoms with E-state index in [0.717, 1.165) is 56.7 Å². The Morgan fingerprint density at radius 3 is 2.50 bits per heavy atom. The number of rotatable bonds is 7. The highest BCUT2D eigenvalue weighted by molar-refractivity contribution is 9.10. The highest BCUT2D eigenvalue weighted by Gasteiger charge is 2.43. The lowest BCUT2D eigenvalue weighted by atomic mass is 10.1. The van der Waals surface area contributed by atoms with E-state index in [1.165, 1.54) is 11.1 Å². The summed E-state index contributed by atoms with van der Waals surface area (Å²) in [5, 5.41) is 3.15. The molecule has 5 heteroatoms. The summed E-state index contributed by atoms with van der Waals surface area (Å²) in [7, 11) is 0. The van der Waals surface area contributed by atoms with E-state index >= 15 is 0 Å². The summed E-state index contributed by atoms with van der Waals surface area (Å²) in [4.78, 5) is 17.4. The monoisotopic (exact) mass is 441 g/mol. The van der Waals surface area contributed by atoms with Crippen LogP contribution in [-0.4, -0.2) is 55.0 Å². The molecule has 2 atom stereocenters. The molecule has 0 radical (unpaired) electrons. The molecule has 0 spiro atoms. The third-order valence-corrected chi connectivity index (χ3v) is 6.34. The van der Waals surface area contributed by atoms with Crippen LogP contribution in [0.2, 0.25) is 0 Å². The quantitative estimate of drug-likeness (QED) is 0.713. The molecule has 0 bridgehead atoms. The number of piperazine rings is 1. The van der Waals surface area contributed by atoms with Gasteiger partial charge in [0.05, 0.1) is 0 Å². The van der Waals surface area contributed by atoms with Crippen LogP contribution < -0.4 is 5.32 Å². The largest absolute Gasteiger partial charge is 0.355 e. The molecule has 1 saturated heterocycles. The summed E-state index contributed by atoms with van der Waals surface area (Å²) in [5.74, 6) is 0.753. The number of hydrogen-bond donors (Lipinski definition) is 1. The molecule has 4 nitrogen and oxygen atoms in total. The second kappa shape index (κ2) is 9.21. The topological polar surface area (TPSA) is 35.6 Å². The molecule has 0 aromatic heterocycles. The fourth-order valence-corrected chi connectivity index (χ4v) is 4.49. The Kier molecular flexibility index (Phi) is 6.45. The summed E-state index contributed by atoms with van der Waals surface area (Å²) in [6.45, 7) is 7.06. The van der Waals surface area contributed by atoms with Crippen LogP contribution in [0.3, 0.4) is 0 Å². The van der Waals surface area contributed by atoms with Crippen molar-refractivity contribution in [1.29, 1.82) is 0 Å². The van der Waals surface area contributed by atoms with E-state index in [0.29, 0.717) is 5.92 Å². The van der Waals surface area contributed by atoms with Crippen LogP contribution in [0.1, 0.15) is 23.5 Å². The molecule has 2 fully saturated rings. The van der Waals surface area contributed by atoms with Gasteiger partial charge in [-0.1, -0.05) is 58.4 Å². The fraction of sp³-hybridized carbons (Fsp3) is 0.435. The first-order chi connectivity index (χ1) is 13.7. The van der Waals surface area contributed by atoms with Crippen molar-refractivity contribution in [3.05, 3.63) is 70.2 Å². The predicted octanol–water partition coefficient (Wildman–Crippen LogP) is 3.49. The van der Waals surface area contributed by atoms with Crippen molar-refractivity contribution >= 4 is 21.8 Å². The van der Waals surface area contributed by atoms with Crippen LogP contribution in [-0.2, 0) is 11.3 Å². The van der Waals surface area contributed by atoms with Crippen molar-refractivity contribution in [1.82, 2.24) is 15.1 Å². The first kappa shape index (κ1) is 19.6. The van der Waals surface area contributed by atoms with E-state index in [2.05, 4.69) is 73.5 Å². The first-order valence-corrected chi connectivity index (χ1v) is 11.0. The highest BCUT2D eigenvalue weighted by atomic mass is 79.9. The molecule has 2 aliphatic rings. The smallest absolute Gasteiger partial charge is 0.223 e. The van der Waals surface area contributed by atoms with Gasteiger partial charge in [-0.05, 0) is 35.6 Å². The van der Waals surface area contributed by atoms with Crippen molar-refractivity contribution in [3.8, 4) is 0 Å². The molecular formula is C23H28BrN3O. The summed E-state index contributed by atoms with van der Waals surface area (Å²) in [6, 6.07) is 19.0. The summed E-state index contributed by atoms with van der Waals surface area (Å²) in [6.07, 6.45) is 0.973. The summed E-state index contributed by atoms with van der Waals surface area (Å²) < 4.78 is 1.09. The molecule has 148 valence electrons. The van der Waals surface area contributed by atoms with E-state index in [1.807, 2.05) is 12.1 Å². The number of benzene rings is 2. The SMILES string of the molecule is O=C(NCCN1CCN(Cc2ccccc2)CC1)C1CC1c1cccc(Br)c1. The Morgan fingerprint density at radius 1 is 1.00 bits per heavy atom. The Hall–Kier alpha value is -1.69. The molecule has 1 N–H and O–H groups in total. The van der Waals surface area contributed by atoms with Crippen molar-refractivity contribution in [2.24, 2.45) is 5.92 Å². The first-order valence-electron chi connectivity index (χ1n) is 10.2. The third-order valence-electron chi connectivity index (χ3n) is 5.85. The van der Waals surface area contributed by atoms with Crippen LogP contribution >= 0.6 is 15.9 Å². The predicted molar refractivity (Wildman–Crippen MR) is 116 cm³/mol. The number of carbonyl (C=O) groups is 1. The van der Waals surface area contributed by atoms with Crippen molar-refractivity contribution in [2.45, 2.75) is 18.9 Å². The van der Waals surface area contributed by atoms with Gasteiger partial charge in [0.15, 0.2) is 0 Å². The molecule has 1 aliphatic carbocycles. The third kappa shape index (κ3) is 5.22. The van der Waals surface area contributed by atoms with Crippen LogP contribution in [0.4, 0.5) is 0 Å². The van der Waals surface area contributed by atoms with Gasteiger partial charge >= 0.3 is 0 Å². The summed E-state index contributed by atoms with van der Waals surface area (Å²) >= 11 is 3.51. The molecule has 1 amide bonds. The van der Waals surface area contributed by atoms with Crippen molar-refractivity contribution < 1.29 is 4.79 Å². The van der Waals surface area contributed by atoms with Gasteiger partial charge < -0.3 is 5.32 Å². The maximum absolute atomic E-state index is 12.4. The normalized spacial score (nSPS) is 22.8. The van der Waals surface area contributed by atoms with Gasteiger partial charge in [-0.25, -0.2) is 0 Å². The fourth-order valence-electron chi connectivity index (χ4n) is 4.07. The molecular weight excluding hydrogens is 414 g/mol. The number of carbonyl (C=O) groups excluding carboxylic acids is 1. The van der Waals surface area contributed by atoms with Gasteiger partial charge in [0.1, 0.15) is 0 Å². The number of hydrogen-bond acceptors (Lipinski definition) is 3. The zero-order valence-electron chi connectivity index (χ0n) is 16.2. The van der Waals surface area contributed by atoms with Gasteiger partial charge in [0, 0.05) is 56.2 Å². The van der Waals surface area contributed by atoms with Crippen LogP contribution in [0, 0.1) is 5.92 Å². The molecule has 2 aromatic carbocycles. The lowest BCUT2D eigenvalue weighted by Crippen LogP contribution is -2.48. The van der Waals surface area contributed by atoms with Gasteiger partial charge in [-0.15, -0.1) is 0 Å². The zero-order valence-corrected chi connectivity index (χ0v) is 17.8. The standard InChI is InChI=1S/C23H28BrN3O/c24-20-8-4-7-19(15-20)21-16-22(21)23(28)25-9-10-26-11-13-27(14-12-26)17-18-5-2-1-3-6-18/h1-8,15,21-22H,9-14,16-17H2,(H,25,28). The minimum Gasteiger partial charge on any atom is -0.355 e. The van der Waals surface area contributed by atoms with Crippen LogP contribution in [0.5, 0.6) is 0 Å². The lowest BCUT2D eigenvalue weighted by Gasteiger charge is -2.34. The summed E-state index contributed by atoms with van der Waals surface area (Å²) in [5.41, 5.74) is 2.65. The Morgan fingerprint density at radius 2 is 1.75 bits per heavy atom. The molecule has 1 aliphatic heterocycles. The van der Waals surface area contributed by atoms with Gasteiger partial charge in [-0.2, -0.15) is 0 Å². The van der Waals surface area contributed by atoms with Gasteiger partial charge in [-0.3, -0.25) is 14.6 Å². The van der Waals surface area contributed by atoms with E-state index in [1.54, 1.807) is 0 Å². The number of nitrogens with zero attached hydrogens (tertiary/aromatic N) is 2. The highest BCUT2D eigenvalue weighted by Crippen LogP contribution is 2.47. The second-order valence-electron chi connectivity index (χ2n) is 7.90. The zero-order chi connectivity index (χ0) is 19.3. The van der Waals surface area contributed by atoms with E-state index in [-0.39, 0.29) is 11.8 Å². The molecule has 4 rings (SSSR count). The van der Waals surface area contributed by atoms with Crippen LogP contribution in [0.15, 0.2) is 59.1 Å². The van der Waals surface area contributed by atoms with Gasteiger partial charge in [0.2, 0.25) is 5.91 Å². The maximum atomic E-state index is 12.4. The van der Waals surface area contributed by atoms with E-state index < -0.39 is 0 Å². The average Bonchev–Trinajstić information content (AvgIpc) is 3.51. The molecule has 1 saturated carbocycles. The Balaban J connectivity index is 1.13. The molecule has 2 unspecified atom stereocenters. The number of nitrogens with one attached hydrogen (secondary N) is 1. The number of halogens is 1. The van der Waals surface area contributed by atoms with Crippen molar-refractivity contribution in [2.75, 3.05) is 39.3 Å². The maximum Gasteiger partial charge on any atom is 0.223 e. The van der Waals surface area contributed by atoms with Crippen LogP contribution in [0.25, 0.3) is 0 Å². The number of amides is 1. The van der Waals surface area contributed by atoms with Crippen molar-refractivity contribution in [3.63, 3.8) is 0 Å². The molecule has 2 aromatic rings. The minimum atomic E-state index is 0.150. The lowest BCUT2D eigenvalue weighted by molar-refractivity contribution is -0.122. The minimum absolute atomic E-state index is 0.150. The average molecular weight is 442 g/mol. The Bertz CT molecular complexity index is 789. The second-order valence-corrected chi connectivity index (χ2v) is 8.81.